The zero-order valence-corrected chi connectivity index (χ0v) is 11.1. The fourth-order valence-electron chi connectivity index (χ4n) is 2.62. The lowest BCUT2D eigenvalue weighted by molar-refractivity contribution is 0.404. The molecule has 1 aliphatic rings. The molecule has 1 heterocycles. The van der Waals surface area contributed by atoms with Gasteiger partial charge in [0.25, 0.3) is 0 Å². The van der Waals surface area contributed by atoms with Gasteiger partial charge in [-0.05, 0) is 26.2 Å². The average molecular weight is 241 g/mol. The minimum Gasteiger partial charge on any atom is -0.250 e. The first-order chi connectivity index (χ1) is 7.74. The van der Waals surface area contributed by atoms with Crippen LogP contribution in [0.5, 0.6) is 0 Å². The first kappa shape index (κ1) is 12.0. The maximum Gasteiger partial charge on any atom is 0.130 e. The van der Waals surface area contributed by atoms with Crippen molar-refractivity contribution in [3.63, 3.8) is 0 Å². The largest absolute Gasteiger partial charge is 0.250 e. The Kier molecular flexibility index (Phi) is 3.91. The maximum atomic E-state index is 6.38. The first-order valence-electron chi connectivity index (χ1n) is 6.47. The quantitative estimate of drug-likeness (QED) is 0.705. The normalized spacial score (nSPS) is 18.7. The molecular formula is C13H21ClN2. The summed E-state index contributed by atoms with van der Waals surface area (Å²) in [4.78, 5) is 0. The first-order valence-corrected chi connectivity index (χ1v) is 6.85. The number of halogens is 1. The van der Waals surface area contributed by atoms with Crippen molar-refractivity contribution in [2.24, 2.45) is 0 Å². The van der Waals surface area contributed by atoms with Crippen molar-refractivity contribution in [3.05, 3.63) is 16.4 Å². The SMILES string of the molecule is CCc1nn(C2CCCCCC2)c(Cl)c1C. The van der Waals surface area contributed by atoms with Crippen LogP contribution in [0.4, 0.5) is 0 Å². The van der Waals surface area contributed by atoms with Gasteiger partial charge < -0.3 is 0 Å². The minimum atomic E-state index is 0.536. The molecule has 16 heavy (non-hydrogen) atoms. The molecule has 1 fully saturated rings. The fraction of sp³-hybridized carbons (Fsp3) is 0.769. The number of hydrogen-bond donors (Lipinski definition) is 0. The fourth-order valence-corrected chi connectivity index (χ4v) is 2.90. The van der Waals surface area contributed by atoms with Gasteiger partial charge in [0.05, 0.1) is 11.7 Å². The number of nitrogens with zero attached hydrogens (tertiary/aromatic N) is 2. The highest BCUT2D eigenvalue weighted by molar-refractivity contribution is 6.30. The van der Waals surface area contributed by atoms with E-state index in [0.29, 0.717) is 6.04 Å². The van der Waals surface area contributed by atoms with Crippen molar-refractivity contribution in [2.75, 3.05) is 0 Å². The summed E-state index contributed by atoms with van der Waals surface area (Å²) >= 11 is 6.38. The van der Waals surface area contributed by atoms with E-state index in [9.17, 15) is 0 Å². The van der Waals surface area contributed by atoms with Gasteiger partial charge in [0.15, 0.2) is 0 Å². The summed E-state index contributed by atoms with van der Waals surface area (Å²) < 4.78 is 2.08. The second-order valence-electron chi connectivity index (χ2n) is 4.81. The van der Waals surface area contributed by atoms with Gasteiger partial charge >= 0.3 is 0 Å². The van der Waals surface area contributed by atoms with Crippen molar-refractivity contribution in [1.82, 2.24) is 9.78 Å². The predicted octanol–water partition coefficient (Wildman–Crippen LogP) is 4.30. The lowest BCUT2D eigenvalue weighted by Gasteiger charge is -2.15. The molecule has 1 aromatic heterocycles. The number of hydrogen-bond acceptors (Lipinski definition) is 1. The summed E-state index contributed by atoms with van der Waals surface area (Å²) in [6.07, 6.45) is 8.84. The van der Waals surface area contributed by atoms with Crippen LogP contribution in [0.1, 0.15) is 62.7 Å². The molecule has 90 valence electrons. The van der Waals surface area contributed by atoms with E-state index in [4.69, 9.17) is 11.6 Å². The van der Waals surface area contributed by atoms with E-state index < -0.39 is 0 Å². The molecule has 0 radical (unpaired) electrons. The smallest absolute Gasteiger partial charge is 0.130 e. The van der Waals surface area contributed by atoms with Crippen molar-refractivity contribution in [1.29, 1.82) is 0 Å². The van der Waals surface area contributed by atoms with E-state index in [1.165, 1.54) is 44.1 Å². The highest BCUT2D eigenvalue weighted by atomic mass is 35.5. The summed E-state index contributed by atoms with van der Waals surface area (Å²) in [6.45, 7) is 4.23. The molecule has 0 N–H and O–H groups in total. The van der Waals surface area contributed by atoms with Crippen molar-refractivity contribution in [2.45, 2.75) is 64.8 Å². The minimum absolute atomic E-state index is 0.536. The Hall–Kier alpha value is -0.500. The molecule has 0 aliphatic heterocycles. The van der Waals surface area contributed by atoms with Crippen molar-refractivity contribution >= 4 is 11.6 Å². The van der Waals surface area contributed by atoms with Gasteiger partial charge in [0.1, 0.15) is 5.15 Å². The van der Waals surface area contributed by atoms with Crippen molar-refractivity contribution < 1.29 is 0 Å². The third-order valence-corrected chi connectivity index (χ3v) is 4.13. The zero-order chi connectivity index (χ0) is 11.5. The molecule has 0 bridgehead atoms. The molecule has 1 saturated carbocycles. The van der Waals surface area contributed by atoms with Gasteiger partial charge in [-0.25, -0.2) is 0 Å². The van der Waals surface area contributed by atoms with Crippen LogP contribution in [0.3, 0.4) is 0 Å². The van der Waals surface area contributed by atoms with Crippen LogP contribution in [0, 0.1) is 6.92 Å². The Morgan fingerprint density at radius 3 is 2.38 bits per heavy atom. The third-order valence-electron chi connectivity index (χ3n) is 3.68. The van der Waals surface area contributed by atoms with Crippen LogP contribution >= 0.6 is 11.6 Å². The Balaban J connectivity index is 2.24. The Bertz CT molecular complexity index is 349. The summed E-state index contributed by atoms with van der Waals surface area (Å²) in [5.41, 5.74) is 2.34. The summed E-state index contributed by atoms with van der Waals surface area (Å²) in [7, 11) is 0. The Labute approximate surface area is 103 Å². The molecule has 0 spiro atoms. The van der Waals surface area contributed by atoms with Gasteiger partial charge in [0.2, 0.25) is 0 Å². The van der Waals surface area contributed by atoms with E-state index >= 15 is 0 Å². The molecule has 0 saturated heterocycles. The average Bonchev–Trinajstić information content (AvgIpc) is 2.52. The highest BCUT2D eigenvalue weighted by Gasteiger charge is 2.20. The molecule has 3 heteroatoms. The number of aromatic nitrogens is 2. The standard InChI is InChI=1S/C13H21ClN2/c1-3-12-10(2)13(14)16(15-12)11-8-6-4-5-7-9-11/h11H,3-9H2,1-2H3. The Morgan fingerprint density at radius 1 is 1.25 bits per heavy atom. The number of rotatable bonds is 2. The van der Waals surface area contributed by atoms with Crippen LogP contribution in [-0.2, 0) is 6.42 Å². The van der Waals surface area contributed by atoms with E-state index in [0.717, 1.165) is 17.3 Å². The molecule has 0 amide bonds. The van der Waals surface area contributed by atoms with E-state index in [1.807, 2.05) is 0 Å². The molecule has 1 aromatic rings. The van der Waals surface area contributed by atoms with Crippen molar-refractivity contribution in [3.8, 4) is 0 Å². The van der Waals surface area contributed by atoms with E-state index in [2.05, 4.69) is 23.6 Å². The maximum absolute atomic E-state index is 6.38. The molecular weight excluding hydrogens is 220 g/mol. The third kappa shape index (κ3) is 2.27. The van der Waals surface area contributed by atoms with Crippen LogP contribution < -0.4 is 0 Å². The van der Waals surface area contributed by atoms with Gasteiger partial charge in [-0.1, -0.05) is 44.2 Å². The summed E-state index contributed by atoms with van der Waals surface area (Å²) in [5, 5.41) is 5.54. The van der Waals surface area contributed by atoms with Crippen LogP contribution in [0.25, 0.3) is 0 Å². The summed E-state index contributed by atoms with van der Waals surface area (Å²) in [5.74, 6) is 0. The van der Waals surface area contributed by atoms with Crippen LogP contribution in [0.15, 0.2) is 0 Å². The van der Waals surface area contributed by atoms with E-state index in [1.54, 1.807) is 0 Å². The lowest BCUT2D eigenvalue weighted by atomic mass is 10.1. The number of aryl methyl sites for hydroxylation is 1. The van der Waals surface area contributed by atoms with Gasteiger partial charge in [0, 0.05) is 5.56 Å². The molecule has 0 unspecified atom stereocenters. The monoisotopic (exact) mass is 240 g/mol. The van der Waals surface area contributed by atoms with Gasteiger partial charge in [-0.3, -0.25) is 4.68 Å². The second kappa shape index (κ2) is 5.22. The van der Waals surface area contributed by atoms with Gasteiger partial charge in [-0.15, -0.1) is 0 Å². The lowest BCUT2D eigenvalue weighted by Crippen LogP contribution is -2.10. The van der Waals surface area contributed by atoms with Crippen LogP contribution in [-0.4, -0.2) is 9.78 Å². The molecule has 2 rings (SSSR count). The molecule has 0 aromatic carbocycles. The molecule has 1 aliphatic carbocycles. The predicted molar refractivity (Wildman–Crippen MR) is 68.1 cm³/mol. The zero-order valence-electron chi connectivity index (χ0n) is 10.3. The topological polar surface area (TPSA) is 17.8 Å². The summed E-state index contributed by atoms with van der Waals surface area (Å²) in [6, 6.07) is 0.536. The Morgan fingerprint density at radius 2 is 1.88 bits per heavy atom. The van der Waals surface area contributed by atoms with E-state index in [-0.39, 0.29) is 0 Å². The highest BCUT2D eigenvalue weighted by Crippen LogP contribution is 2.31. The molecule has 2 nitrogen and oxygen atoms in total. The molecule has 0 atom stereocenters. The van der Waals surface area contributed by atoms with Gasteiger partial charge in [-0.2, -0.15) is 5.10 Å². The van der Waals surface area contributed by atoms with Crippen LogP contribution in [0.2, 0.25) is 5.15 Å². The second-order valence-corrected chi connectivity index (χ2v) is 5.16.